The van der Waals surface area contributed by atoms with Gasteiger partial charge >= 0.3 is 6.36 Å². The van der Waals surface area contributed by atoms with Crippen LogP contribution in [0.2, 0.25) is 0 Å². The van der Waals surface area contributed by atoms with E-state index < -0.39 is 6.36 Å². The van der Waals surface area contributed by atoms with Crippen LogP contribution < -0.4 is 4.74 Å². The zero-order chi connectivity index (χ0) is 10.8. The quantitative estimate of drug-likeness (QED) is 0.692. The number of ether oxygens (including phenoxy) is 1. The Morgan fingerprint density at radius 1 is 1.36 bits per heavy atom. The van der Waals surface area contributed by atoms with E-state index in [4.69, 9.17) is 0 Å². The highest BCUT2D eigenvalue weighted by molar-refractivity contribution is 5.75. The number of rotatable bonds is 2. The molecule has 0 unspecified atom stereocenters. The number of alkyl halides is 3. The van der Waals surface area contributed by atoms with E-state index in [1.165, 1.54) is 19.1 Å². The summed E-state index contributed by atoms with van der Waals surface area (Å²) < 4.78 is 39.2. The van der Waals surface area contributed by atoms with Gasteiger partial charge in [-0.3, -0.25) is 4.79 Å². The van der Waals surface area contributed by atoms with E-state index in [0.29, 0.717) is 11.8 Å². The molecule has 1 aromatic rings. The largest absolute Gasteiger partial charge is 0.573 e. The minimum absolute atomic E-state index is 0.270. The smallest absolute Gasteiger partial charge is 0.406 e. The summed E-state index contributed by atoms with van der Waals surface area (Å²) in [6.45, 7) is 1.44. The molecule has 0 N–H and O–H groups in total. The molecule has 1 aromatic carbocycles. The number of aryl methyl sites for hydroxylation is 1. The molecule has 0 aliphatic carbocycles. The normalized spacial score (nSPS) is 11.1. The molecule has 0 radical (unpaired) electrons. The zero-order valence-corrected chi connectivity index (χ0v) is 7.26. The average Bonchev–Trinajstić information content (AvgIpc) is 2.06. The molecule has 5 heteroatoms. The molecule has 76 valence electrons. The van der Waals surface area contributed by atoms with Crippen LogP contribution in [0, 0.1) is 6.92 Å². The molecule has 0 saturated carbocycles. The molecule has 0 aromatic heterocycles. The molecule has 0 fully saturated rings. The molecule has 0 amide bonds. The summed E-state index contributed by atoms with van der Waals surface area (Å²) in [5, 5.41) is 0. The van der Waals surface area contributed by atoms with E-state index >= 15 is 0 Å². The summed E-state index contributed by atoms with van der Waals surface area (Å²) >= 11 is 0. The summed E-state index contributed by atoms with van der Waals surface area (Å²) in [5.74, 6) is -0.289. The van der Waals surface area contributed by atoms with Gasteiger partial charge in [-0.25, -0.2) is 0 Å². The van der Waals surface area contributed by atoms with Gasteiger partial charge < -0.3 is 4.74 Å². The average molecular weight is 204 g/mol. The third-order valence-electron chi connectivity index (χ3n) is 1.56. The summed E-state index contributed by atoms with van der Waals surface area (Å²) in [7, 11) is 0. The first-order valence-corrected chi connectivity index (χ1v) is 3.74. The van der Waals surface area contributed by atoms with Crippen molar-refractivity contribution in [1.82, 2.24) is 0 Å². The van der Waals surface area contributed by atoms with Crippen LogP contribution in [0.25, 0.3) is 0 Å². The molecular formula is C9H7F3O2. The van der Waals surface area contributed by atoms with Gasteiger partial charge in [0, 0.05) is 5.56 Å². The molecule has 0 bridgehead atoms. The van der Waals surface area contributed by atoms with Gasteiger partial charge in [0.25, 0.3) is 0 Å². The number of hydrogen-bond donors (Lipinski definition) is 0. The SMILES string of the molecule is Cc1cc(C=O)ccc1OC(F)(F)F. The topological polar surface area (TPSA) is 26.3 Å². The Hall–Kier alpha value is -1.52. The zero-order valence-electron chi connectivity index (χ0n) is 7.26. The molecule has 0 aliphatic rings. The van der Waals surface area contributed by atoms with E-state index in [2.05, 4.69) is 4.74 Å². The van der Waals surface area contributed by atoms with Crippen molar-refractivity contribution in [2.75, 3.05) is 0 Å². The van der Waals surface area contributed by atoms with E-state index in [-0.39, 0.29) is 11.3 Å². The summed E-state index contributed by atoms with van der Waals surface area (Å²) in [6.07, 6.45) is -4.14. The van der Waals surface area contributed by atoms with Crippen molar-refractivity contribution >= 4 is 6.29 Å². The molecule has 0 spiro atoms. The first-order valence-electron chi connectivity index (χ1n) is 3.74. The van der Waals surface area contributed by atoms with Crippen molar-refractivity contribution in [3.8, 4) is 5.75 Å². The molecule has 2 nitrogen and oxygen atoms in total. The number of carbonyl (C=O) groups excluding carboxylic acids is 1. The number of carbonyl (C=O) groups is 1. The number of benzene rings is 1. The van der Waals surface area contributed by atoms with E-state index in [0.717, 1.165) is 6.07 Å². The van der Waals surface area contributed by atoms with Gasteiger partial charge in [0.15, 0.2) is 0 Å². The highest BCUT2D eigenvalue weighted by atomic mass is 19.4. The lowest BCUT2D eigenvalue weighted by molar-refractivity contribution is -0.274. The van der Waals surface area contributed by atoms with Crippen molar-refractivity contribution in [3.63, 3.8) is 0 Å². The number of hydrogen-bond acceptors (Lipinski definition) is 2. The van der Waals surface area contributed by atoms with Gasteiger partial charge in [0.05, 0.1) is 0 Å². The number of halogens is 3. The van der Waals surface area contributed by atoms with Crippen molar-refractivity contribution in [1.29, 1.82) is 0 Å². The predicted octanol–water partition coefficient (Wildman–Crippen LogP) is 2.71. The van der Waals surface area contributed by atoms with Crippen LogP contribution in [0.5, 0.6) is 5.75 Å². The van der Waals surface area contributed by atoms with Crippen molar-refractivity contribution in [2.24, 2.45) is 0 Å². The van der Waals surface area contributed by atoms with E-state index in [1.54, 1.807) is 0 Å². The lowest BCUT2D eigenvalue weighted by Gasteiger charge is -2.10. The first kappa shape index (κ1) is 10.6. The van der Waals surface area contributed by atoms with Crippen LogP contribution in [-0.4, -0.2) is 12.6 Å². The van der Waals surface area contributed by atoms with Crippen LogP contribution in [0.15, 0.2) is 18.2 Å². The van der Waals surface area contributed by atoms with Gasteiger partial charge in [-0.1, -0.05) is 0 Å². The second-order valence-electron chi connectivity index (χ2n) is 2.69. The molecule has 0 saturated heterocycles. The highest BCUT2D eigenvalue weighted by Gasteiger charge is 2.31. The maximum Gasteiger partial charge on any atom is 0.573 e. The maximum atomic E-state index is 11.8. The summed E-state index contributed by atoms with van der Waals surface area (Å²) in [6, 6.07) is 3.71. The predicted molar refractivity (Wildman–Crippen MR) is 43.2 cm³/mol. The Morgan fingerprint density at radius 2 is 2.00 bits per heavy atom. The van der Waals surface area contributed by atoms with Crippen LogP contribution in [0.3, 0.4) is 0 Å². The van der Waals surface area contributed by atoms with Crippen molar-refractivity contribution in [2.45, 2.75) is 13.3 Å². The number of aldehydes is 1. The third-order valence-corrected chi connectivity index (χ3v) is 1.56. The lowest BCUT2D eigenvalue weighted by atomic mass is 10.1. The highest BCUT2D eigenvalue weighted by Crippen LogP contribution is 2.26. The Labute approximate surface area is 78.3 Å². The van der Waals surface area contributed by atoms with Crippen molar-refractivity contribution < 1.29 is 22.7 Å². The fourth-order valence-corrected chi connectivity index (χ4v) is 0.985. The summed E-state index contributed by atoms with van der Waals surface area (Å²) in [5.41, 5.74) is 0.587. The molecule has 14 heavy (non-hydrogen) atoms. The Balaban J connectivity index is 2.95. The minimum Gasteiger partial charge on any atom is -0.406 e. The van der Waals surface area contributed by atoms with E-state index in [1.807, 2.05) is 0 Å². The maximum absolute atomic E-state index is 11.8. The fraction of sp³-hybridized carbons (Fsp3) is 0.222. The second-order valence-corrected chi connectivity index (χ2v) is 2.69. The van der Waals surface area contributed by atoms with Gasteiger partial charge in [-0.05, 0) is 30.7 Å². The van der Waals surface area contributed by atoms with Crippen molar-refractivity contribution in [3.05, 3.63) is 29.3 Å². The van der Waals surface area contributed by atoms with Crippen LogP contribution in [0.4, 0.5) is 13.2 Å². The van der Waals surface area contributed by atoms with Gasteiger partial charge in [-0.15, -0.1) is 13.2 Å². The van der Waals surface area contributed by atoms with Crippen LogP contribution >= 0.6 is 0 Å². The fourth-order valence-electron chi connectivity index (χ4n) is 0.985. The molecule has 0 aliphatic heterocycles. The Bertz CT molecular complexity index is 344. The Morgan fingerprint density at radius 3 is 2.43 bits per heavy atom. The monoisotopic (exact) mass is 204 g/mol. The molecule has 1 rings (SSSR count). The van der Waals surface area contributed by atoms with Gasteiger partial charge in [0.2, 0.25) is 0 Å². The molecule has 0 atom stereocenters. The van der Waals surface area contributed by atoms with Crippen LogP contribution in [0.1, 0.15) is 15.9 Å². The van der Waals surface area contributed by atoms with E-state index in [9.17, 15) is 18.0 Å². The van der Waals surface area contributed by atoms with Gasteiger partial charge in [0.1, 0.15) is 12.0 Å². The molecular weight excluding hydrogens is 197 g/mol. The summed E-state index contributed by atoms with van der Waals surface area (Å²) in [4.78, 5) is 10.3. The van der Waals surface area contributed by atoms with Gasteiger partial charge in [-0.2, -0.15) is 0 Å². The standard InChI is InChI=1S/C9H7F3O2/c1-6-4-7(5-13)2-3-8(6)14-9(10,11)12/h2-5H,1H3. The lowest BCUT2D eigenvalue weighted by Crippen LogP contribution is -2.17. The minimum atomic E-state index is -4.70. The van der Waals surface area contributed by atoms with Crippen LogP contribution in [-0.2, 0) is 0 Å². The second kappa shape index (κ2) is 3.69. The molecule has 0 heterocycles. The first-order chi connectivity index (χ1) is 6.42. The Kier molecular flexibility index (Phi) is 2.78. The third kappa shape index (κ3) is 2.76.